The summed E-state index contributed by atoms with van der Waals surface area (Å²) in [7, 11) is 1.73. The molecule has 0 radical (unpaired) electrons. The maximum Gasteiger partial charge on any atom is 0.241 e. The molecule has 0 spiro atoms. The quantitative estimate of drug-likeness (QED) is 0.775. The predicted octanol–water partition coefficient (Wildman–Crippen LogP) is 3.05. The van der Waals surface area contributed by atoms with Crippen molar-refractivity contribution >= 4 is 39.2 Å². The fourth-order valence-electron chi connectivity index (χ4n) is 2.09. The second-order valence-electron chi connectivity index (χ2n) is 5.83. The van der Waals surface area contributed by atoms with Crippen LogP contribution in [-0.2, 0) is 9.59 Å². The second kappa shape index (κ2) is 8.73. The van der Waals surface area contributed by atoms with Crippen LogP contribution >= 0.6 is 15.9 Å². The molecule has 7 heteroatoms. The van der Waals surface area contributed by atoms with Gasteiger partial charge in [0.25, 0.3) is 0 Å². The molecule has 2 aromatic rings. The summed E-state index contributed by atoms with van der Waals surface area (Å²) in [5, 5.41) is 5.57. The molecule has 0 saturated carbocycles. The molecule has 1 unspecified atom stereocenters. The molecule has 0 aliphatic rings. The van der Waals surface area contributed by atoms with E-state index >= 15 is 0 Å². The van der Waals surface area contributed by atoms with Crippen molar-refractivity contribution in [2.45, 2.75) is 19.9 Å². The van der Waals surface area contributed by atoms with Gasteiger partial charge in [-0.2, -0.15) is 0 Å². The number of aromatic nitrogens is 1. The van der Waals surface area contributed by atoms with Gasteiger partial charge in [0.2, 0.25) is 11.8 Å². The standard InChI is InChI=1S/C18H21BrN4O2/c1-12-8-9-16(20-10-12)22-17(24)11-23(3)13(2)18(25)21-15-7-5-4-6-14(15)19/h4-10,13H,11H2,1-3H3,(H,21,25)(H,20,22,24). The van der Waals surface area contributed by atoms with Crippen LogP contribution in [0.2, 0.25) is 0 Å². The van der Waals surface area contributed by atoms with Crippen molar-refractivity contribution in [3.05, 3.63) is 52.6 Å². The molecule has 1 aromatic carbocycles. The molecular formula is C18H21BrN4O2. The molecule has 1 aromatic heterocycles. The fourth-order valence-corrected chi connectivity index (χ4v) is 2.47. The van der Waals surface area contributed by atoms with E-state index in [9.17, 15) is 9.59 Å². The van der Waals surface area contributed by atoms with Gasteiger partial charge in [0.1, 0.15) is 5.82 Å². The minimum absolute atomic E-state index is 0.0834. The third-order valence-electron chi connectivity index (χ3n) is 3.74. The molecule has 0 saturated heterocycles. The van der Waals surface area contributed by atoms with E-state index < -0.39 is 6.04 Å². The smallest absolute Gasteiger partial charge is 0.241 e. The molecule has 132 valence electrons. The minimum atomic E-state index is -0.469. The van der Waals surface area contributed by atoms with Crippen molar-refractivity contribution in [1.29, 1.82) is 0 Å². The normalized spacial score (nSPS) is 11.9. The number of aryl methyl sites for hydroxylation is 1. The van der Waals surface area contributed by atoms with Gasteiger partial charge in [-0.25, -0.2) is 4.98 Å². The van der Waals surface area contributed by atoms with Gasteiger partial charge in [-0.1, -0.05) is 18.2 Å². The summed E-state index contributed by atoms with van der Waals surface area (Å²) in [6.07, 6.45) is 1.69. The first-order valence-corrected chi connectivity index (χ1v) is 8.64. The summed E-state index contributed by atoms with van der Waals surface area (Å²) in [6.45, 7) is 3.77. The number of nitrogens with zero attached hydrogens (tertiary/aromatic N) is 2. The number of benzene rings is 1. The van der Waals surface area contributed by atoms with Crippen molar-refractivity contribution in [1.82, 2.24) is 9.88 Å². The van der Waals surface area contributed by atoms with Crippen molar-refractivity contribution in [3.63, 3.8) is 0 Å². The number of rotatable bonds is 6. The van der Waals surface area contributed by atoms with Crippen LogP contribution in [0, 0.1) is 6.92 Å². The molecule has 0 aliphatic carbocycles. The number of halogens is 1. The van der Waals surface area contributed by atoms with Gasteiger partial charge in [-0.3, -0.25) is 14.5 Å². The number of amides is 2. The Labute approximate surface area is 155 Å². The topological polar surface area (TPSA) is 74.3 Å². The SMILES string of the molecule is Cc1ccc(NC(=O)CN(C)C(C)C(=O)Nc2ccccc2Br)nc1. The monoisotopic (exact) mass is 404 g/mol. The van der Waals surface area contributed by atoms with Crippen LogP contribution in [0.15, 0.2) is 47.1 Å². The lowest BCUT2D eigenvalue weighted by molar-refractivity contribution is -0.122. The minimum Gasteiger partial charge on any atom is -0.324 e. The van der Waals surface area contributed by atoms with Crippen LogP contribution < -0.4 is 10.6 Å². The Morgan fingerprint density at radius 3 is 2.56 bits per heavy atom. The molecule has 0 aliphatic heterocycles. The van der Waals surface area contributed by atoms with Crippen molar-refractivity contribution in [2.24, 2.45) is 0 Å². The zero-order valence-corrected chi connectivity index (χ0v) is 16.0. The first-order valence-electron chi connectivity index (χ1n) is 7.85. The summed E-state index contributed by atoms with van der Waals surface area (Å²) in [5.74, 6) is 0.0874. The van der Waals surface area contributed by atoms with Crippen LogP contribution in [0.25, 0.3) is 0 Å². The number of hydrogen-bond acceptors (Lipinski definition) is 4. The maximum absolute atomic E-state index is 12.4. The first kappa shape index (κ1) is 19.1. The number of para-hydroxylation sites is 1. The van der Waals surface area contributed by atoms with E-state index in [1.165, 1.54) is 0 Å². The van der Waals surface area contributed by atoms with E-state index in [1.54, 1.807) is 31.1 Å². The van der Waals surface area contributed by atoms with E-state index in [-0.39, 0.29) is 18.4 Å². The summed E-state index contributed by atoms with van der Waals surface area (Å²) >= 11 is 3.39. The van der Waals surface area contributed by atoms with Crippen molar-refractivity contribution in [3.8, 4) is 0 Å². The van der Waals surface area contributed by atoms with Crippen LogP contribution in [0.5, 0.6) is 0 Å². The lowest BCUT2D eigenvalue weighted by Gasteiger charge is -2.23. The molecule has 2 rings (SSSR count). The fraction of sp³-hybridized carbons (Fsp3) is 0.278. The van der Waals surface area contributed by atoms with E-state index in [0.29, 0.717) is 11.5 Å². The number of carbonyl (C=O) groups excluding carboxylic acids is 2. The first-order chi connectivity index (χ1) is 11.9. The van der Waals surface area contributed by atoms with E-state index in [1.807, 2.05) is 37.3 Å². The number of carbonyl (C=O) groups is 2. The van der Waals surface area contributed by atoms with Crippen LogP contribution in [0.4, 0.5) is 11.5 Å². The van der Waals surface area contributed by atoms with Crippen molar-refractivity contribution in [2.75, 3.05) is 24.2 Å². The molecule has 2 amide bonds. The van der Waals surface area contributed by atoms with Gasteiger partial charge < -0.3 is 10.6 Å². The highest BCUT2D eigenvalue weighted by Gasteiger charge is 2.21. The lowest BCUT2D eigenvalue weighted by Crippen LogP contribution is -2.43. The molecule has 1 atom stereocenters. The van der Waals surface area contributed by atoms with E-state index in [2.05, 4.69) is 31.5 Å². The Morgan fingerprint density at radius 2 is 1.92 bits per heavy atom. The van der Waals surface area contributed by atoms with Crippen LogP contribution in [-0.4, -0.2) is 41.3 Å². The van der Waals surface area contributed by atoms with Crippen LogP contribution in [0.1, 0.15) is 12.5 Å². The highest BCUT2D eigenvalue weighted by molar-refractivity contribution is 9.10. The summed E-state index contributed by atoms with van der Waals surface area (Å²) in [4.78, 5) is 30.3. The Morgan fingerprint density at radius 1 is 1.20 bits per heavy atom. The second-order valence-corrected chi connectivity index (χ2v) is 6.68. The molecule has 6 nitrogen and oxygen atoms in total. The third-order valence-corrected chi connectivity index (χ3v) is 4.44. The van der Waals surface area contributed by atoms with Gasteiger partial charge >= 0.3 is 0 Å². The molecular weight excluding hydrogens is 384 g/mol. The largest absolute Gasteiger partial charge is 0.324 e. The van der Waals surface area contributed by atoms with E-state index in [0.717, 1.165) is 10.0 Å². The molecule has 25 heavy (non-hydrogen) atoms. The average Bonchev–Trinajstić information content (AvgIpc) is 2.58. The zero-order valence-electron chi connectivity index (χ0n) is 14.4. The lowest BCUT2D eigenvalue weighted by atomic mass is 10.2. The summed E-state index contributed by atoms with van der Waals surface area (Å²) < 4.78 is 0.807. The van der Waals surface area contributed by atoms with E-state index in [4.69, 9.17) is 0 Å². The number of anilines is 2. The molecule has 1 heterocycles. The van der Waals surface area contributed by atoms with Gasteiger partial charge in [-0.05, 0) is 60.6 Å². The number of likely N-dealkylation sites (N-methyl/N-ethyl adjacent to an activating group) is 1. The van der Waals surface area contributed by atoms with Gasteiger partial charge in [0.15, 0.2) is 0 Å². The average molecular weight is 405 g/mol. The number of hydrogen-bond donors (Lipinski definition) is 2. The van der Waals surface area contributed by atoms with Crippen LogP contribution in [0.3, 0.4) is 0 Å². The third kappa shape index (κ3) is 5.65. The Kier molecular flexibility index (Phi) is 6.66. The maximum atomic E-state index is 12.4. The Bertz CT molecular complexity index is 749. The van der Waals surface area contributed by atoms with Gasteiger partial charge in [0, 0.05) is 10.7 Å². The number of pyridine rings is 1. The molecule has 0 fully saturated rings. The van der Waals surface area contributed by atoms with Crippen molar-refractivity contribution < 1.29 is 9.59 Å². The van der Waals surface area contributed by atoms with Gasteiger partial charge in [0.05, 0.1) is 18.3 Å². The summed E-state index contributed by atoms with van der Waals surface area (Å²) in [5.41, 5.74) is 1.72. The highest BCUT2D eigenvalue weighted by Crippen LogP contribution is 2.21. The molecule has 2 N–H and O–H groups in total. The Balaban J connectivity index is 1.89. The Hall–Kier alpha value is -2.25. The molecule has 0 bridgehead atoms. The predicted molar refractivity (Wildman–Crippen MR) is 102 cm³/mol. The van der Waals surface area contributed by atoms with Gasteiger partial charge in [-0.15, -0.1) is 0 Å². The number of nitrogens with one attached hydrogen (secondary N) is 2. The zero-order chi connectivity index (χ0) is 18.4. The highest BCUT2D eigenvalue weighted by atomic mass is 79.9. The summed E-state index contributed by atoms with van der Waals surface area (Å²) in [6, 6.07) is 10.5.